The van der Waals surface area contributed by atoms with Gasteiger partial charge in [0.2, 0.25) is 5.91 Å². The molecule has 1 aromatic rings. The summed E-state index contributed by atoms with van der Waals surface area (Å²) in [5, 5.41) is 30.7. The minimum absolute atomic E-state index is 0.132. The molecule has 1 atom stereocenters. The summed E-state index contributed by atoms with van der Waals surface area (Å²) in [6, 6.07) is 6.25. The number of carbonyl (C=O) groups excluding carboxylic acids is 1. The summed E-state index contributed by atoms with van der Waals surface area (Å²) in [5.41, 5.74) is 0.762. The predicted octanol–water partition coefficient (Wildman–Crippen LogP) is 1.39. The number of aromatic carboxylic acids is 1. The van der Waals surface area contributed by atoms with Crippen LogP contribution in [0.15, 0.2) is 24.3 Å². The molecule has 130 valence electrons. The average Bonchev–Trinajstić information content (AvgIpc) is 2.55. The molecule has 7 heteroatoms. The molecule has 0 radical (unpaired) electrons. The first-order valence-electron chi connectivity index (χ1n) is 8.43. The van der Waals surface area contributed by atoms with Crippen molar-refractivity contribution in [2.45, 2.75) is 50.9 Å². The molecule has 1 amide bonds. The Labute approximate surface area is 142 Å². The fourth-order valence-electron chi connectivity index (χ4n) is 3.24. The lowest BCUT2D eigenvalue weighted by molar-refractivity contribution is -0.122. The summed E-state index contributed by atoms with van der Waals surface area (Å²) in [7, 11) is -1.70. The van der Waals surface area contributed by atoms with Crippen LogP contribution < -0.4 is 5.32 Å². The lowest BCUT2D eigenvalue weighted by Gasteiger charge is -2.23. The highest BCUT2D eigenvalue weighted by molar-refractivity contribution is 6.43. The third-order valence-electron chi connectivity index (χ3n) is 4.53. The molecule has 1 fully saturated rings. The molecule has 0 spiro atoms. The molecule has 24 heavy (non-hydrogen) atoms. The zero-order valence-corrected chi connectivity index (χ0v) is 13.6. The van der Waals surface area contributed by atoms with Crippen molar-refractivity contribution in [3.8, 4) is 0 Å². The Balaban J connectivity index is 1.94. The van der Waals surface area contributed by atoms with E-state index in [9.17, 15) is 19.6 Å². The molecule has 1 aliphatic carbocycles. The van der Waals surface area contributed by atoms with Crippen molar-refractivity contribution in [2.75, 3.05) is 0 Å². The van der Waals surface area contributed by atoms with Crippen molar-refractivity contribution < 1.29 is 24.7 Å². The standard InChI is InChI=1S/C17H24BNO5/c20-16(11-12-5-2-1-3-6-12)19-15(18(23)24)10-13-7-4-8-14(9-13)17(21)22/h4,7-9,12,15,23-24H,1-3,5-6,10-11H2,(H,19,20)(H,21,22)/t15-/m0/s1. The van der Waals surface area contributed by atoms with Crippen molar-refractivity contribution in [2.24, 2.45) is 5.92 Å². The van der Waals surface area contributed by atoms with Gasteiger partial charge in [0.15, 0.2) is 0 Å². The van der Waals surface area contributed by atoms with Crippen molar-refractivity contribution in [1.29, 1.82) is 0 Å². The van der Waals surface area contributed by atoms with Gasteiger partial charge in [0.05, 0.1) is 11.5 Å². The van der Waals surface area contributed by atoms with Crippen LogP contribution in [0.25, 0.3) is 0 Å². The fraction of sp³-hybridized carbons (Fsp3) is 0.529. The van der Waals surface area contributed by atoms with E-state index in [0.29, 0.717) is 17.9 Å². The quantitative estimate of drug-likeness (QED) is 0.564. The number of carboxylic acids is 1. The molecule has 0 saturated heterocycles. The second-order valence-electron chi connectivity index (χ2n) is 6.51. The Morgan fingerprint density at radius 3 is 2.54 bits per heavy atom. The molecule has 2 rings (SSSR count). The number of rotatable bonds is 7. The molecule has 0 aromatic heterocycles. The highest BCUT2D eigenvalue weighted by Crippen LogP contribution is 2.26. The second-order valence-corrected chi connectivity index (χ2v) is 6.51. The minimum Gasteiger partial charge on any atom is -0.478 e. The van der Waals surface area contributed by atoms with Gasteiger partial charge in [-0.2, -0.15) is 0 Å². The number of hydrogen-bond donors (Lipinski definition) is 4. The highest BCUT2D eigenvalue weighted by atomic mass is 16.4. The van der Waals surface area contributed by atoms with Gasteiger partial charge in [-0.1, -0.05) is 31.4 Å². The summed E-state index contributed by atoms with van der Waals surface area (Å²) >= 11 is 0. The van der Waals surface area contributed by atoms with Crippen LogP contribution in [0.3, 0.4) is 0 Å². The van der Waals surface area contributed by atoms with Crippen LogP contribution in [0.5, 0.6) is 0 Å². The summed E-state index contributed by atoms with van der Waals surface area (Å²) in [6.45, 7) is 0. The summed E-state index contributed by atoms with van der Waals surface area (Å²) in [5.74, 6) is -1.72. The lowest BCUT2D eigenvalue weighted by atomic mass is 9.75. The Hall–Kier alpha value is -1.86. The Kier molecular flexibility index (Phi) is 6.81. The molecular weight excluding hydrogens is 309 g/mol. The van der Waals surface area contributed by atoms with Crippen LogP contribution in [-0.2, 0) is 11.2 Å². The number of benzene rings is 1. The van der Waals surface area contributed by atoms with Gasteiger partial charge >= 0.3 is 13.1 Å². The first-order chi connectivity index (χ1) is 11.5. The predicted molar refractivity (Wildman–Crippen MR) is 90.4 cm³/mol. The fourth-order valence-corrected chi connectivity index (χ4v) is 3.24. The molecule has 1 aromatic carbocycles. The lowest BCUT2D eigenvalue weighted by Crippen LogP contribution is -2.48. The van der Waals surface area contributed by atoms with E-state index in [2.05, 4.69) is 5.32 Å². The number of amides is 1. The number of carbonyl (C=O) groups is 2. The number of nitrogens with one attached hydrogen (secondary N) is 1. The SMILES string of the molecule is O=C(CC1CCCCC1)N[C@@H](Cc1cccc(C(=O)O)c1)B(O)O. The van der Waals surface area contributed by atoms with Crippen molar-refractivity contribution in [3.63, 3.8) is 0 Å². The Morgan fingerprint density at radius 2 is 1.92 bits per heavy atom. The summed E-state index contributed by atoms with van der Waals surface area (Å²) < 4.78 is 0. The van der Waals surface area contributed by atoms with E-state index in [1.807, 2.05) is 0 Å². The molecule has 0 heterocycles. The molecule has 1 aliphatic rings. The smallest absolute Gasteiger partial charge is 0.475 e. The first kappa shape index (κ1) is 18.5. The van der Waals surface area contributed by atoms with Crippen LogP contribution in [0, 0.1) is 5.92 Å². The van der Waals surface area contributed by atoms with E-state index in [0.717, 1.165) is 25.7 Å². The first-order valence-corrected chi connectivity index (χ1v) is 8.43. The van der Waals surface area contributed by atoms with Gasteiger partial charge in [0.25, 0.3) is 0 Å². The molecule has 4 N–H and O–H groups in total. The van der Waals surface area contributed by atoms with Gasteiger partial charge in [-0.3, -0.25) is 4.79 Å². The van der Waals surface area contributed by atoms with Gasteiger partial charge in [0, 0.05) is 6.42 Å². The normalized spacial score (nSPS) is 16.4. The van der Waals surface area contributed by atoms with Crippen LogP contribution >= 0.6 is 0 Å². The zero-order valence-electron chi connectivity index (χ0n) is 13.6. The summed E-state index contributed by atoms with van der Waals surface area (Å²) in [4.78, 5) is 23.2. The number of hydrogen-bond acceptors (Lipinski definition) is 4. The van der Waals surface area contributed by atoms with Crippen LogP contribution in [0.2, 0.25) is 0 Å². The van der Waals surface area contributed by atoms with E-state index in [1.54, 1.807) is 12.1 Å². The maximum Gasteiger partial charge on any atom is 0.475 e. The monoisotopic (exact) mass is 333 g/mol. The average molecular weight is 333 g/mol. The zero-order chi connectivity index (χ0) is 17.5. The highest BCUT2D eigenvalue weighted by Gasteiger charge is 2.27. The largest absolute Gasteiger partial charge is 0.478 e. The van der Waals surface area contributed by atoms with Gasteiger partial charge in [0.1, 0.15) is 0 Å². The summed E-state index contributed by atoms with van der Waals surface area (Å²) in [6.07, 6.45) is 6.16. The van der Waals surface area contributed by atoms with E-state index in [-0.39, 0.29) is 17.9 Å². The number of carboxylic acid groups (broad SMARTS) is 1. The maximum atomic E-state index is 12.2. The van der Waals surface area contributed by atoms with Gasteiger partial charge in [-0.05, 0) is 42.9 Å². The van der Waals surface area contributed by atoms with E-state index in [1.165, 1.54) is 18.6 Å². The molecule has 0 bridgehead atoms. The molecule has 1 saturated carbocycles. The van der Waals surface area contributed by atoms with E-state index >= 15 is 0 Å². The van der Waals surface area contributed by atoms with Gasteiger partial charge in [-0.15, -0.1) is 0 Å². The van der Waals surface area contributed by atoms with Crippen LogP contribution in [0.1, 0.15) is 54.4 Å². The Bertz CT molecular complexity index is 572. The van der Waals surface area contributed by atoms with Crippen molar-refractivity contribution in [1.82, 2.24) is 5.32 Å². The topological polar surface area (TPSA) is 107 Å². The molecule has 6 nitrogen and oxygen atoms in total. The van der Waals surface area contributed by atoms with Crippen LogP contribution in [0.4, 0.5) is 0 Å². The Morgan fingerprint density at radius 1 is 1.21 bits per heavy atom. The third kappa shape index (κ3) is 5.65. The molecule has 0 unspecified atom stereocenters. The third-order valence-corrected chi connectivity index (χ3v) is 4.53. The van der Waals surface area contributed by atoms with Gasteiger partial charge < -0.3 is 20.5 Å². The second kappa shape index (κ2) is 8.85. The van der Waals surface area contributed by atoms with Crippen molar-refractivity contribution >= 4 is 19.0 Å². The van der Waals surface area contributed by atoms with E-state index in [4.69, 9.17) is 5.11 Å². The van der Waals surface area contributed by atoms with Crippen LogP contribution in [-0.4, -0.2) is 40.1 Å². The van der Waals surface area contributed by atoms with Crippen molar-refractivity contribution in [3.05, 3.63) is 35.4 Å². The molecule has 0 aliphatic heterocycles. The van der Waals surface area contributed by atoms with Gasteiger partial charge in [-0.25, -0.2) is 4.79 Å². The maximum absolute atomic E-state index is 12.2. The minimum atomic E-state index is -1.70. The van der Waals surface area contributed by atoms with E-state index < -0.39 is 19.0 Å². The molecular formula is C17H24BNO5.